The highest BCUT2D eigenvalue weighted by atomic mass is 127. The molecule has 1 saturated heterocycles. The fraction of sp³-hybridized carbons (Fsp3) is 0.611. The number of nitrogens with one attached hydrogen (secondary N) is 2. The van der Waals surface area contributed by atoms with E-state index in [0.717, 1.165) is 24.9 Å². The van der Waals surface area contributed by atoms with Gasteiger partial charge in [-0.15, -0.1) is 24.0 Å². The second-order valence-electron chi connectivity index (χ2n) is 6.31. The molecule has 1 aromatic carbocycles. The number of phenols is 1. The number of hydrogen-bond donors (Lipinski definition) is 3. The van der Waals surface area contributed by atoms with Crippen LogP contribution in [0.15, 0.2) is 23.2 Å². The average molecular weight is 498 g/mol. The van der Waals surface area contributed by atoms with Crippen LogP contribution in [0.4, 0.5) is 8.78 Å². The molecule has 1 heterocycles. The summed E-state index contributed by atoms with van der Waals surface area (Å²) in [4.78, 5) is 6.35. The number of piperidine rings is 1. The molecule has 1 aliphatic heterocycles. The van der Waals surface area contributed by atoms with Crippen LogP contribution in [0.1, 0.15) is 25.3 Å². The lowest BCUT2D eigenvalue weighted by molar-refractivity contribution is 0.0744. The highest BCUT2D eigenvalue weighted by Crippen LogP contribution is 2.26. The fourth-order valence-electron chi connectivity index (χ4n) is 2.97. The number of ether oxygens (including phenoxy) is 1. The normalized spacial score (nSPS) is 16.1. The van der Waals surface area contributed by atoms with E-state index in [1.54, 1.807) is 17.0 Å². The predicted molar refractivity (Wildman–Crippen MR) is 113 cm³/mol. The van der Waals surface area contributed by atoms with Crippen LogP contribution in [-0.2, 0) is 6.54 Å². The van der Waals surface area contributed by atoms with Gasteiger partial charge >= 0.3 is 0 Å². The second-order valence-corrected chi connectivity index (χ2v) is 6.31. The van der Waals surface area contributed by atoms with Crippen molar-refractivity contribution in [1.29, 1.82) is 0 Å². The molecule has 9 heteroatoms. The third-order valence-electron chi connectivity index (χ3n) is 4.33. The number of alkyl halides is 2. The zero-order valence-corrected chi connectivity index (χ0v) is 18.1. The topological polar surface area (TPSA) is 69.1 Å². The molecular weight excluding hydrogens is 469 g/mol. The van der Waals surface area contributed by atoms with E-state index in [9.17, 15) is 13.9 Å². The van der Waals surface area contributed by atoms with E-state index >= 15 is 0 Å². The van der Waals surface area contributed by atoms with Crippen LogP contribution in [0.2, 0.25) is 0 Å². The van der Waals surface area contributed by atoms with Gasteiger partial charge < -0.3 is 20.5 Å². The molecule has 0 saturated carbocycles. The first-order valence-corrected chi connectivity index (χ1v) is 8.93. The number of likely N-dealkylation sites (tertiary alicyclic amines) is 1. The number of guanidine groups is 1. The minimum atomic E-state index is -2.28. The summed E-state index contributed by atoms with van der Waals surface area (Å²) in [5, 5.41) is 16.4. The lowest BCUT2D eigenvalue weighted by Gasteiger charge is -2.32. The first-order chi connectivity index (χ1) is 12.5. The Bertz CT molecular complexity index is 597. The van der Waals surface area contributed by atoms with Gasteiger partial charge in [0.1, 0.15) is 0 Å². The Balaban J connectivity index is 0.00000364. The molecule has 0 aliphatic carbocycles. The Morgan fingerprint density at radius 3 is 2.63 bits per heavy atom. The molecule has 3 N–H and O–H groups in total. The molecular formula is C18H29F2IN4O2. The number of methoxy groups -OCH3 is 1. The number of benzene rings is 1. The van der Waals surface area contributed by atoms with Crippen LogP contribution in [0.25, 0.3) is 0 Å². The van der Waals surface area contributed by atoms with Crippen molar-refractivity contribution in [1.82, 2.24) is 15.5 Å². The molecule has 0 atom stereocenters. The maximum atomic E-state index is 12.5. The number of hydrogen-bond acceptors (Lipinski definition) is 4. The maximum Gasteiger partial charge on any atom is 0.251 e. The number of rotatable bonds is 7. The van der Waals surface area contributed by atoms with E-state index in [4.69, 9.17) is 4.74 Å². The quantitative estimate of drug-likeness (QED) is 0.307. The average Bonchev–Trinajstić information content (AvgIpc) is 2.61. The van der Waals surface area contributed by atoms with Crippen molar-refractivity contribution in [2.75, 3.05) is 33.3 Å². The molecule has 27 heavy (non-hydrogen) atoms. The molecule has 154 valence electrons. The minimum absolute atomic E-state index is 0. The van der Waals surface area contributed by atoms with E-state index in [1.807, 2.05) is 13.0 Å². The van der Waals surface area contributed by atoms with E-state index in [0.29, 0.717) is 31.3 Å². The molecule has 0 unspecified atom stereocenters. The molecule has 1 aliphatic rings. The predicted octanol–water partition coefficient (Wildman–Crippen LogP) is 2.80. The zero-order chi connectivity index (χ0) is 18.9. The first-order valence-electron chi connectivity index (χ1n) is 8.93. The second kappa shape index (κ2) is 12.2. The largest absolute Gasteiger partial charge is 0.504 e. The molecule has 0 amide bonds. The molecule has 2 rings (SSSR count). The van der Waals surface area contributed by atoms with E-state index in [-0.39, 0.29) is 42.3 Å². The van der Waals surface area contributed by atoms with Crippen molar-refractivity contribution < 1.29 is 18.6 Å². The molecule has 0 spiro atoms. The summed E-state index contributed by atoms with van der Waals surface area (Å²) in [7, 11) is 1.51. The molecule has 1 aromatic rings. The van der Waals surface area contributed by atoms with E-state index < -0.39 is 6.43 Å². The zero-order valence-electron chi connectivity index (χ0n) is 15.8. The Morgan fingerprint density at radius 2 is 2.07 bits per heavy atom. The van der Waals surface area contributed by atoms with Crippen LogP contribution in [0.5, 0.6) is 11.5 Å². The fourth-order valence-corrected chi connectivity index (χ4v) is 2.97. The van der Waals surface area contributed by atoms with Crippen LogP contribution in [-0.4, -0.2) is 61.7 Å². The van der Waals surface area contributed by atoms with Crippen LogP contribution in [0.3, 0.4) is 0 Å². The van der Waals surface area contributed by atoms with E-state index in [2.05, 4.69) is 15.6 Å². The summed E-state index contributed by atoms with van der Waals surface area (Å²) in [6, 6.07) is 5.41. The van der Waals surface area contributed by atoms with Crippen molar-refractivity contribution in [3.63, 3.8) is 0 Å². The standard InChI is InChI=1S/C18H28F2N4O2.HI/c1-3-21-18(22-11-13-4-5-16(26-2)15(25)10-13)23-14-6-8-24(9-7-14)12-17(19)20;/h4-5,10,14,17,25H,3,6-9,11-12H2,1-2H3,(H2,21,22,23);1H. The number of phenolic OH excluding ortho intramolecular Hbond substituents is 1. The van der Waals surface area contributed by atoms with Crippen molar-refractivity contribution in [3.8, 4) is 11.5 Å². The van der Waals surface area contributed by atoms with Gasteiger partial charge in [-0.1, -0.05) is 6.07 Å². The van der Waals surface area contributed by atoms with Gasteiger partial charge in [0.25, 0.3) is 6.43 Å². The molecule has 0 bridgehead atoms. The molecule has 6 nitrogen and oxygen atoms in total. The Kier molecular flexibility index (Phi) is 10.7. The summed E-state index contributed by atoms with van der Waals surface area (Å²) >= 11 is 0. The van der Waals surface area contributed by atoms with Gasteiger partial charge in [-0.2, -0.15) is 0 Å². The third kappa shape index (κ3) is 8.04. The van der Waals surface area contributed by atoms with Gasteiger partial charge in [0.2, 0.25) is 0 Å². The van der Waals surface area contributed by atoms with Crippen molar-refractivity contribution in [2.45, 2.75) is 38.8 Å². The van der Waals surface area contributed by atoms with Gasteiger partial charge in [0.15, 0.2) is 17.5 Å². The van der Waals surface area contributed by atoms with Gasteiger partial charge in [-0.3, -0.25) is 4.90 Å². The van der Waals surface area contributed by atoms with Crippen molar-refractivity contribution in [3.05, 3.63) is 23.8 Å². The molecule has 1 fully saturated rings. The number of aromatic hydroxyl groups is 1. The Labute approximate surface area is 176 Å². The lowest BCUT2D eigenvalue weighted by atomic mass is 10.1. The highest BCUT2D eigenvalue weighted by molar-refractivity contribution is 14.0. The SMILES string of the molecule is CCNC(=NCc1ccc(OC)c(O)c1)NC1CCN(CC(F)F)CC1.I. The summed E-state index contributed by atoms with van der Waals surface area (Å²) in [5.41, 5.74) is 0.868. The van der Waals surface area contributed by atoms with Crippen LogP contribution in [0, 0.1) is 0 Å². The first kappa shape index (κ1) is 23.7. The van der Waals surface area contributed by atoms with Gasteiger partial charge in [-0.25, -0.2) is 13.8 Å². The number of aliphatic imine (C=N–C) groups is 1. The van der Waals surface area contributed by atoms with Gasteiger partial charge in [0.05, 0.1) is 20.2 Å². The smallest absolute Gasteiger partial charge is 0.251 e. The van der Waals surface area contributed by atoms with Gasteiger partial charge in [0, 0.05) is 25.7 Å². The summed E-state index contributed by atoms with van der Waals surface area (Å²) < 4.78 is 29.9. The van der Waals surface area contributed by atoms with Crippen molar-refractivity contribution in [2.24, 2.45) is 4.99 Å². The van der Waals surface area contributed by atoms with Crippen molar-refractivity contribution >= 4 is 29.9 Å². The van der Waals surface area contributed by atoms with E-state index in [1.165, 1.54) is 7.11 Å². The summed E-state index contributed by atoms with van der Waals surface area (Å²) in [6.07, 6.45) is -0.666. The third-order valence-corrected chi connectivity index (χ3v) is 4.33. The lowest BCUT2D eigenvalue weighted by Crippen LogP contribution is -2.49. The number of nitrogens with zero attached hydrogens (tertiary/aromatic N) is 2. The van der Waals surface area contributed by atoms with Crippen LogP contribution >= 0.6 is 24.0 Å². The molecule has 0 aromatic heterocycles. The van der Waals surface area contributed by atoms with Gasteiger partial charge in [-0.05, 0) is 37.5 Å². The maximum absolute atomic E-state index is 12.5. The number of halogens is 3. The minimum Gasteiger partial charge on any atom is -0.504 e. The summed E-state index contributed by atoms with van der Waals surface area (Å²) in [5.74, 6) is 1.21. The Morgan fingerprint density at radius 1 is 1.37 bits per heavy atom. The highest BCUT2D eigenvalue weighted by Gasteiger charge is 2.21. The Hall–Kier alpha value is -1.36. The van der Waals surface area contributed by atoms with Crippen LogP contribution < -0.4 is 15.4 Å². The molecule has 0 radical (unpaired) electrons. The monoisotopic (exact) mass is 498 g/mol. The summed E-state index contributed by atoms with van der Waals surface area (Å²) in [6.45, 7) is 4.30.